The average molecular weight is 264 g/mol. The summed E-state index contributed by atoms with van der Waals surface area (Å²) in [6.45, 7) is 4.02. The van der Waals surface area contributed by atoms with Crippen LogP contribution in [0.4, 0.5) is 0 Å². The second-order valence-electron chi connectivity index (χ2n) is 4.30. The first kappa shape index (κ1) is 13.1. The molecule has 0 aliphatic heterocycles. The van der Waals surface area contributed by atoms with E-state index in [9.17, 15) is 0 Å². The zero-order valence-electron chi connectivity index (χ0n) is 10.5. The Balaban J connectivity index is 1.96. The van der Waals surface area contributed by atoms with E-state index in [1.807, 2.05) is 30.5 Å². The first-order valence-electron chi connectivity index (χ1n) is 6.26. The number of halogens is 1. The molecule has 0 radical (unpaired) electrons. The Kier molecular flexibility index (Phi) is 4.79. The molecule has 2 aromatic rings. The van der Waals surface area contributed by atoms with Crippen molar-refractivity contribution in [3.63, 3.8) is 0 Å². The number of hydrogen-bond donors (Lipinski definition) is 2. The van der Waals surface area contributed by atoms with Gasteiger partial charge in [0.15, 0.2) is 0 Å². The summed E-state index contributed by atoms with van der Waals surface area (Å²) >= 11 is 6.13. The van der Waals surface area contributed by atoms with Crippen LogP contribution in [0.15, 0.2) is 30.5 Å². The minimum atomic E-state index is 0.744. The molecule has 0 saturated heterocycles. The number of H-pyrrole nitrogens is 1. The molecule has 2 rings (SSSR count). The zero-order chi connectivity index (χ0) is 12.8. The molecule has 2 N–H and O–H groups in total. The maximum Gasteiger partial charge on any atom is 0.110 e. The first-order valence-corrected chi connectivity index (χ1v) is 6.64. The second kappa shape index (κ2) is 6.57. The van der Waals surface area contributed by atoms with Crippen molar-refractivity contribution in [1.29, 1.82) is 0 Å². The Morgan fingerprint density at radius 1 is 1.33 bits per heavy atom. The van der Waals surface area contributed by atoms with Crippen molar-refractivity contribution in [2.45, 2.75) is 26.3 Å². The Hall–Kier alpha value is -1.32. The summed E-state index contributed by atoms with van der Waals surface area (Å²) in [5, 5.41) is 4.13. The molecule has 0 fully saturated rings. The normalized spacial score (nSPS) is 10.8. The fourth-order valence-corrected chi connectivity index (χ4v) is 2.01. The Morgan fingerprint density at radius 2 is 2.17 bits per heavy atom. The van der Waals surface area contributed by atoms with E-state index in [1.165, 1.54) is 0 Å². The van der Waals surface area contributed by atoms with Crippen molar-refractivity contribution in [3.8, 4) is 0 Å². The van der Waals surface area contributed by atoms with Gasteiger partial charge < -0.3 is 10.3 Å². The van der Waals surface area contributed by atoms with Crippen LogP contribution in [0.2, 0.25) is 5.02 Å². The molecule has 0 saturated carbocycles. The van der Waals surface area contributed by atoms with E-state index in [2.05, 4.69) is 22.2 Å². The first-order chi connectivity index (χ1) is 8.79. The lowest BCUT2D eigenvalue weighted by Gasteiger charge is -2.01. The minimum Gasteiger partial charge on any atom is -0.345 e. The number of benzene rings is 1. The molecular formula is C14H18ClN3. The molecule has 3 nitrogen and oxygen atoms in total. The van der Waals surface area contributed by atoms with Crippen LogP contribution in [0.5, 0.6) is 0 Å². The van der Waals surface area contributed by atoms with Gasteiger partial charge in [0.2, 0.25) is 0 Å². The molecule has 0 unspecified atom stereocenters. The molecule has 1 heterocycles. The van der Waals surface area contributed by atoms with Crippen molar-refractivity contribution >= 4 is 11.6 Å². The highest BCUT2D eigenvalue weighted by molar-refractivity contribution is 6.31. The second-order valence-corrected chi connectivity index (χ2v) is 4.71. The maximum atomic E-state index is 6.13. The van der Waals surface area contributed by atoms with Crippen LogP contribution >= 0.6 is 11.6 Å². The number of nitrogens with one attached hydrogen (secondary N) is 2. The molecule has 0 spiro atoms. The van der Waals surface area contributed by atoms with E-state index in [0.29, 0.717) is 0 Å². The smallest absolute Gasteiger partial charge is 0.110 e. The summed E-state index contributed by atoms with van der Waals surface area (Å²) in [4.78, 5) is 7.69. The minimum absolute atomic E-state index is 0.744. The van der Waals surface area contributed by atoms with Gasteiger partial charge in [0, 0.05) is 29.9 Å². The summed E-state index contributed by atoms with van der Waals surface area (Å²) in [5.41, 5.74) is 2.21. The third-order valence-corrected chi connectivity index (χ3v) is 3.11. The molecular weight excluding hydrogens is 246 g/mol. The topological polar surface area (TPSA) is 40.7 Å². The third kappa shape index (κ3) is 3.59. The Bertz CT molecular complexity index is 493. The lowest BCUT2D eigenvalue weighted by Crippen LogP contribution is -2.13. The number of aromatic amines is 1. The summed E-state index contributed by atoms with van der Waals surface area (Å²) in [7, 11) is 0. The van der Waals surface area contributed by atoms with Crippen LogP contribution in [-0.2, 0) is 13.0 Å². The van der Waals surface area contributed by atoms with E-state index in [0.717, 1.165) is 48.0 Å². The summed E-state index contributed by atoms with van der Waals surface area (Å²) in [6, 6.07) is 7.87. The van der Waals surface area contributed by atoms with Gasteiger partial charge in [-0.1, -0.05) is 36.7 Å². The molecule has 96 valence electrons. The molecule has 0 amide bonds. The van der Waals surface area contributed by atoms with E-state index in [4.69, 9.17) is 11.6 Å². The number of hydrogen-bond acceptors (Lipinski definition) is 2. The highest BCUT2D eigenvalue weighted by Gasteiger charge is 2.04. The average Bonchev–Trinajstić information content (AvgIpc) is 2.80. The largest absolute Gasteiger partial charge is 0.345 e. The van der Waals surface area contributed by atoms with Crippen LogP contribution in [0.25, 0.3) is 0 Å². The van der Waals surface area contributed by atoms with Crippen LogP contribution in [-0.4, -0.2) is 16.5 Å². The lowest BCUT2D eigenvalue weighted by atomic mass is 10.1. The number of aromatic nitrogens is 2. The van der Waals surface area contributed by atoms with Crippen molar-refractivity contribution < 1.29 is 0 Å². The summed E-state index contributed by atoms with van der Waals surface area (Å²) in [6.07, 6.45) is 3.77. The van der Waals surface area contributed by atoms with Crippen LogP contribution < -0.4 is 5.32 Å². The number of rotatable bonds is 6. The zero-order valence-corrected chi connectivity index (χ0v) is 11.3. The van der Waals surface area contributed by atoms with Gasteiger partial charge in [0.1, 0.15) is 5.82 Å². The van der Waals surface area contributed by atoms with Crippen molar-refractivity contribution in [1.82, 2.24) is 15.3 Å². The standard InChI is InChI=1S/C14H18ClN3/c1-2-7-16-9-12-10-17-14(18-12)8-11-5-3-4-6-13(11)15/h3-6,10,16H,2,7-9H2,1H3,(H,17,18). The quantitative estimate of drug-likeness (QED) is 0.786. The molecule has 1 aromatic carbocycles. The summed E-state index contributed by atoms with van der Waals surface area (Å²) < 4.78 is 0. The van der Waals surface area contributed by atoms with Gasteiger partial charge in [-0.2, -0.15) is 0 Å². The van der Waals surface area contributed by atoms with E-state index in [-0.39, 0.29) is 0 Å². The molecule has 0 aliphatic rings. The van der Waals surface area contributed by atoms with Gasteiger partial charge >= 0.3 is 0 Å². The van der Waals surface area contributed by atoms with Gasteiger partial charge in [0.25, 0.3) is 0 Å². The van der Waals surface area contributed by atoms with E-state index in [1.54, 1.807) is 0 Å². The van der Waals surface area contributed by atoms with Crippen molar-refractivity contribution in [2.75, 3.05) is 6.54 Å². The highest BCUT2D eigenvalue weighted by atomic mass is 35.5. The molecule has 1 aromatic heterocycles. The van der Waals surface area contributed by atoms with Gasteiger partial charge in [-0.25, -0.2) is 4.98 Å². The molecule has 0 atom stereocenters. The fraction of sp³-hybridized carbons (Fsp3) is 0.357. The molecule has 18 heavy (non-hydrogen) atoms. The monoisotopic (exact) mass is 263 g/mol. The molecule has 4 heteroatoms. The van der Waals surface area contributed by atoms with Crippen LogP contribution in [0, 0.1) is 0 Å². The van der Waals surface area contributed by atoms with Gasteiger partial charge in [-0.15, -0.1) is 0 Å². The van der Waals surface area contributed by atoms with E-state index < -0.39 is 0 Å². The van der Waals surface area contributed by atoms with Gasteiger partial charge in [-0.3, -0.25) is 0 Å². The molecule has 0 bridgehead atoms. The van der Waals surface area contributed by atoms with Gasteiger partial charge in [0.05, 0.1) is 0 Å². The predicted octanol–water partition coefficient (Wildman–Crippen LogP) is 3.15. The SMILES string of the molecule is CCCNCc1cnc(Cc2ccccc2Cl)[nH]1. The number of nitrogens with zero attached hydrogens (tertiary/aromatic N) is 1. The predicted molar refractivity (Wildman–Crippen MR) is 74.8 cm³/mol. The fourth-order valence-electron chi connectivity index (χ4n) is 1.81. The maximum absolute atomic E-state index is 6.13. The van der Waals surface area contributed by atoms with Crippen molar-refractivity contribution in [2.24, 2.45) is 0 Å². The van der Waals surface area contributed by atoms with Crippen molar-refractivity contribution in [3.05, 3.63) is 52.6 Å². The van der Waals surface area contributed by atoms with Gasteiger partial charge in [-0.05, 0) is 24.6 Å². The molecule has 0 aliphatic carbocycles. The third-order valence-electron chi connectivity index (χ3n) is 2.74. The Labute approximate surface area is 113 Å². The lowest BCUT2D eigenvalue weighted by molar-refractivity contribution is 0.665. The van der Waals surface area contributed by atoms with Crippen LogP contribution in [0.1, 0.15) is 30.4 Å². The van der Waals surface area contributed by atoms with E-state index >= 15 is 0 Å². The van der Waals surface area contributed by atoms with Crippen LogP contribution in [0.3, 0.4) is 0 Å². The Morgan fingerprint density at radius 3 is 2.94 bits per heavy atom. The summed E-state index contributed by atoms with van der Waals surface area (Å²) in [5.74, 6) is 0.955. The number of imidazole rings is 1. The highest BCUT2D eigenvalue weighted by Crippen LogP contribution is 2.17.